The van der Waals surface area contributed by atoms with Gasteiger partial charge < -0.3 is 5.21 Å². The molecule has 0 radical (unpaired) electrons. The van der Waals surface area contributed by atoms with E-state index < -0.39 is 0 Å². The highest BCUT2D eigenvalue weighted by Crippen LogP contribution is 2.26. The lowest BCUT2D eigenvalue weighted by molar-refractivity contribution is -0.549. The molecule has 1 aliphatic rings. The molecule has 1 aromatic rings. The molecule has 2 rings (SSSR count). The van der Waals surface area contributed by atoms with E-state index in [2.05, 4.69) is 11.9 Å². The lowest BCUT2D eigenvalue weighted by atomic mass is 9.97. The minimum Gasteiger partial charge on any atom is -0.307 e. The van der Waals surface area contributed by atoms with Crippen LogP contribution in [-0.4, -0.2) is 21.5 Å². The third-order valence-corrected chi connectivity index (χ3v) is 3.34. The van der Waals surface area contributed by atoms with Crippen LogP contribution in [0, 0.1) is 0 Å². The van der Waals surface area contributed by atoms with E-state index in [9.17, 15) is 5.21 Å². The summed E-state index contributed by atoms with van der Waals surface area (Å²) in [6.07, 6.45) is 0.791. The molecule has 3 nitrogen and oxygen atoms in total. The Morgan fingerprint density at radius 3 is 2.44 bits per heavy atom. The SMILES string of the molecule is CCC1=[NH+][C@H](c2ccccc2)N(O)C1(C)C. The molecule has 1 aliphatic heterocycles. The van der Waals surface area contributed by atoms with Gasteiger partial charge in [0.25, 0.3) is 6.17 Å². The van der Waals surface area contributed by atoms with Crippen molar-refractivity contribution in [3.63, 3.8) is 0 Å². The van der Waals surface area contributed by atoms with Crippen LogP contribution in [-0.2, 0) is 0 Å². The molecule has 0 saturated heterocycles. The van der Waals surface area contributed by atoms with Crippen molar-refractivity contribution >= 4 is 5.71 Å². The van der Waals surface area contributed by atoms with Crippen molar-refractivity contribution in [2.75, 3.05) is 0 Å². The van der Waals surface area contributed by atoms with Gasteiger partial charge in [0, 0.05) is 12.0 Å². The fraction of sp³-hybridized carbons (Fsp3) is 0.462. The third-order valence-electron chi connectivity index (χ3n) is 3.34. The zero-order chi connectivity index (χ0) is 11.8. The van der Waals surface area contributed by atoms with E-state index in [4.69, 9.17) is 0 Å². The maximum absolute atomic E-state index is 10.2. The molecule has 1 atom stereocenters. The smallest absolute Gasteiger partial charge is 0.255 e. The predicted octanol–water partition coefficient (Wildman–Crippen LogP) is 1.10. The van der Waals surface area contributed by atoms with Crippen LogP contribution in [0.3, 0.4) is 0 Å². The van der Waals surface area contributed by atoms with Gasteiger partial charge in [-0.3, -0.25) is 0 Å². The second-order valence-electron chi connectivity index (χ2n) is 4.69. The van der Waals surface area contributed by atoms with Gasteiger partial charge in [-0.1, -0.05) is 37.3 Å². The zero-order valence-electron chi connectivity index (χ0n) is 10.1. The molecule has 0 amide bonds. The van der Waals surface area contributed by atoms with E-state index in [1.807, 2.05) is 44.2 Å². The van der Waals surface area contributed by atoms with Crippen molar-refractivity contribution in [3.05, 3.63) is 35.9 Å². The molecule has 16 heavy (non-hydrogen) atoms. The van der Waals surface area contributed by atoms with Crippen LogP contribution in [0.1, 0.15) is 38.9 Å². The van der Waals surface area contributed by atoms with Crippen molar-refractivity contribution in [2.24, 2.45) is 0 Å². The summed E-state index contributed by atoms with van der Waals surface area (Å²) >= 11 is 0. The van der Waals surface area contributed by atoms with Gasteiger partial charge >= 0.3 is 0 Å². The molecule has 0 aliphatic carbocycles. The summed E-state index contributed by atoms with van der Waals surface area (Å²) in [6.45, 7) is 6.16. The average molecular weight is 219 g/mol. The molecule has 3 heteroatoms. The van der Waals surface area contributed by atoms with Crippen LogP contribution >= 0.6 is 0 Å². The highest BCUT2D eigenvalue weighted by atomic mass is 16.5. The van der Waals surface area contributed by atoms with Crippen LogP contribution in [0.25, 0.3) is 0 Å². The molecule has 1 aromatic carbocycles. The van der Waals surface area contributed by atoms with Crippen LogP contribution in [0.15, 0.2) is 30.3 Å². The lowest BCUT2D eigenvalue weighted by Gasteiger charge is -2.25. The number of nitrogens with zero attached hydrogens (tertiary/aromatic N) is 1. The molecular formula is C13H19N2O+. The zero-order valence-corrected chi connectivity index (χ0v) is 10.1. The summed E-state index contributed by atoms with van der Waals surface area (Å²) in [6, 6.07) is 10.0. The average Bonchev–Trinajstić information content (AvgIpc) is 2.52. The standard InChI is InChI=1S/C13H18N2O/c1-4-11-13(2,3)15(16)12(14-11)10-8-6-5-7-9-10/h5-9,12,16H,4H2,1-3H3/p+1/t12-/m0/s1. The molecule has 0 unspecified atom stereocenters. The number of nitrogens with one attached hydrogen (secondary N) is 1. The van der Waals surface area contributed by atoms with Crippen molar-refractivity contribution in [1.29, 1.82) is 0 Å². The normalized spacial score (nSPS) is 24.5. The fourth-order valence-corrected chi connectivity index (χ4v) is 2.26. The van der Waals surface area contributed by atoms with E-state index in [0.717, 1.165) is 12.0 Å². The quantitative estimate of drug-likeness (QED) is 0.781. The molecule has 0 bridgehead atoms. The van der Waals surface area contributed by atoms with E-state index in [1.54, 1.807) is 0 Å². The van der Waals surface area contributed by atoms with Crippen LogP contribution in [0.2, 0.25) is 0 Å². The fourth-order valence-electron chi connectivity index (χ4n) is 2.26. The van der Waals surface area contributed by atoms with Gasteiger partial charge in [0.05, 0.1) is 0 Å². The summed E-state index contributed by atoms with van der Waals surface area (Å²) in [5, 5.41) is 11.6. The predicted molar refractivity (Wildman–Crippen MR) is 63.1 cm³/mol. The van der Waals surface area contributed by atoms with E-state index >= 15 is 0 Å². The first-order valence-corrected chi connectivity index (χ1v) is 5.73. The Bertz CT molecular complexity index is 398. The van der Waals surface area contributed by atoms with Gasteiger partial charge in [-0.25, -0.2) is 4.99 Å². The van der Waals surface area contributed by atoms with Gasteiger partial charge in [-0.05, 0) is 13.8 Å². The summed E-state index contributed by atoms with van der Waals surface area (Å²) < 4.78 is 0. The molecule has 0 aromatic heterocycles. The topological polar surface area (TPSA) is 37.4 Å². The number of hydroxylamine groups is 2. The lowest BCUT2D eigenvalue weighted by Crippen LogP contribution is -2.72. The number of hydrogen-bond acceptors (Lipinski definition) is 2. The Hall–Kier alpha value is -1.19. The first-order valence-electron chi connectivity index (χ1n) is 5.73. The van der Waals surface area contributed by atoms with Crippen molar-refractivity contribution in [1.82, 2.24) is 5.06 Å². The molecule has 2 N–H and O–H groups in total. The molecule has 0 spiro atoms. The first kappa shape index (κ1) is 11.3. The third kappa shape index (κ3) is 1.66. The van der Waals surface area contributed by atoms with Gasteiger partial charge in [0.1, 0.15) is 5.54 Å². The molecule has 1 heterocycles. The second kappa shape index (κ2) is 4.00. The van der Waals surface area contributed by atoms with E-state index in [1.165, 1.54) is 10.8 Å². The summed E-state index contributed by atoms with van der Waals surface area (Å²) in [5.74, 6) is 0. The van der Waals surface area contributed by atoms with Crippen LogP contribution < -0.4 is 4.99 Å². The molecule has 0 fully saturated rings. The molecule has 0 saturated carbocycles. The minimum atomic E-state index is -0.310. The maximum Gasteiger partial charge on any atom is 0.255 e. The van der Waals surface area contributed by atoms with Crippen LogP contribution in [0.4, 0.5) is 0 Å². The Labute approximate surface area is 96.4 Å². The monoisotopic (exact) mass is 219 g/mol. The Morgan fingerprint density at radius 2 is 1.94 bits per heavy atom. The largest absolute Gasteiger partial charge is 0.307 e. The highest BCUT2D eigenvalue weighted by Gasteiger charge is 2.47. The summed E-state index contributed by atoms with van der Waals surface area (Å²) in [7, 11) is 0. The summed E-state index contributed by atoms with van der Waals surface area (Å²) in [5.41, 5.74) is 1.94. The Kier molecular flexibility index (Phi) is 2.82. The van der Waals surface area contributed by atoms with Gasteiger partial charge in [0.2, 0.25) is 0 Å². The first-order chi connectivity index (χ1) is 7.57. The molecular weight excluding hydrogens is 200 g/mol. The Morgan fingerprint density at radius 1 is 1.31 bits per heavy atom. The van der Waals surface area contributed by atoms with Crippen LogP contribution in [0.5, 0.6) is 0 Å². The number of rotatable bonds is 2. The maximum atomic E-state index is 10.2. The van der Waals surface area contributed by atoms with Crippen molar-refractivity contribution in [2.45, 2.75) is 38.9 Å². The van der Waals surface area contributed by atoms with Crippen molar-refractivity contribution in [3.8, 4) is 0 Å². The van der Waals surface area contributed by atoms with Gasteiger partial charge in [-0.2, -0.15) is 0 Å². The van der Waals surface area contributed by atoms with Gasteiger partial charge in [-0.15, -0.1) is 5.06 Å². The number of hydrogen-bond donors (Lipinski definition) is 2. The highest BCUT2D eigenvalue weighted by molar-refractivity contribution is 5.88. The minimum absolute atomic E-state index is 0.133. The molecule has 86 valence electrons. The van der Waals surface area contributed by atoms with Gasteiger partial charge in [0.15, 0.2) is 5.71 Å². The van der Waals surface area contributed by atoms with E-state index in [-0.39, 0.29) is 11.7 Å². The van der Waals surface area contributed by atoms with Crippen molar-refractivity contribution < 1.29 is 10.2 Å². The Balaban J connectivity index is 2.36. The van der Waals surface area contributed by atoms with E-state index in [0.29, 0.717) is 0 Å². The second-order valence-corrected chi connectivity index (χ2v) is 4.69. The number of benzene rings is 1. The summed E-state index contributed by atoms with van der Waals surface area (Å²) in [4.78, 5) is 3.39.